The van der Waals surface area contributed by atoms with Crippen LogP contribution >= 0.6 is 0 Å². The average Bonchev–Trinajstić information content (AvgIpc) is 2.86. The minimum Gasteiger partial charge on any atom is -0.352 e. The molecule has 3 fully saturated rings. The topological polar surface area (TPSA) is 44.4 Å². The zero-order valence-corrected chi connectivity index (χ0v) is 13.6. The number of likely N-dealkylation sites (tertiary alicyclic amines) is 1. The highest BCUT2D eigenvalue weighted by atomic mass is 16.2. The minimum absolute atomic E-state index is 0.236. The Balaban J connectivity index is 1.46. The molecule has 3 unspecified atom stereocenters. The molecule has 5 atom stereocenters. The van der Waals surface area contributed by atoms with Crippen molar-refractivity contribution in [3.63, 3.8) is 0 Å². The standard InChI is InChI=1S/C17H31N3O/c1-12-5-3-7-15(13(12)2)19-17(21)11-20-9-14-6-4-8-18-16(14)10-20/h12-16,18H,3-11H2,1-2H3,(H,19,21)/t12?,13?,14-,15?,16+/m0/s1. The molecule has 2 aliphatic heterocycles. The van der Waals surface area contributed by atoms with Crippen LogP contribution in [-0.2, 0) is 4.79 Å². The molecular weight excluding hydrogens is 262 g/mol. The molecule has 21 heavy (non-hydrogen) atoms. The van der Waals surface area contributed by atoms with E-state index < -0.39 is 0 Å². The second-order valence-corrected chi connectivity index (χ2v) is 7.60. The minimum atomic E-state index is 0.236. The van der Waals surface area contributed by atoms with Gasteiger partial charge in [0.15, 0.2) is 0 Å². The van der Waals surface area contributed by atoms with E-state index in [9.17, 15) is 4.79 Å². The molecule has 1 amide bonds. The lowest BCUT2D eigenvalue weighted by atomic mass is 9.78. The lowest BCUT2D eigenvalue weighted by molar-refractivity contribution is -0.123. The summed E-state index contributed by atoms with van der Waals surface area (Å²) in [5, 5.41) is 6.91. The van der Waals surface area contributed by atoms with E-state index in [0.717, 1.165) is 37.9 Å². The Labute approximate surface area is 129 Å². The molecule has 0 radical (unpaired) electrons. The number of hydrogen-bond donors (Lipinski definition) is 2. The van der Waals surface area contributed by atoms with Crippen LogP contribution in [0.25, 0.3) is 0 Å². The van der Waals surface area contributed by atoms with Gasteiger partial charge in [0.25, 0.3) is 0 Å². The number of piperidine rings is 1. The van der Waals surface area contributed by atoms with Crippen molar-refractivity contribution in [2.45, 2.75) is 58.0 Å². The Hall–Kier alpha value is -0.610. The van der Waals surface area contributed by atoms with Crippen molar-refractivity contribution >= 4 is 5.91 Å². The Bertz CT molecular complexity index is 359. The summed E-state index contributed by atoms with van der Waals surface area (Å²) in [6, 6.07) is 1.02. The van der Waals surface area contributed by atoms with Gasteiger partial charge in [-0.3, -0.25) is 9.69 Å². The van der Waals surface area contributed by atoms with Gasteiger partial charge >= 0.3 is 0 Å². The third kappa shape index (κ3) is 3.59. The van der Waals surface area contributed by atoms with Gasteiger partial charge in [0.1, 0.15) is 0 Å². The fourth-order valence-corrected chi connectivity index (χ4v) is 4.51. The van der Waals surface area contributed by atoms with Gasteiger partial charge < -0.3 is 10.6 Å². The van der Waals surface area contributed by atoms with Crippen LogP contribution in [0, 0.1) is 17.8 Å². The molecule has 2 N–H and O–H groups in total. The second kappa shape index (κ2) is 6.66. The van der Waals surface area contributed by atoms with Crippen LogP contribution < -0.4 is 10.6 Å². The summed E-state index contributed by atoms with van der Waals surface area (Å²) in [5.41, 5.74) is 0. The van der Waals surface area contributed by atoms with Crippen molar-refractivity contribution in [3.8, 4) is 0 Å². The quantitative estimate of drug-likeness (QED) is 0.831. The van der Waals surface area contributed by atoms with Crippen LogP contribution in [0.3, 0.4) is 0 Å². The van der Waals surface area contributed by atoms with Gasteiger partial charge in [-0.2, -0.15) is 0 Å². The van der Waals surface area contributed by atoms with Gasteiger partial charge in [-0.05, 0) is 43.6 Å². The number of nitrogens with zero attached hydrogens (tertiary/aromatic N) is 1. The molecule has 3 rings (SSSR count). The van der Waals surface area contributed by atoms with Gasteiger partial charge in [0, 0.05) is 25.2 Å². The summed E-state index contributed by atoms with van der Waals surface area (Å²) >= 11 is 0. The number of nitrogens with one attached hydrogen (secondary N) is 2. The highest BCUT2D eigenvalue weighted by Gasteiger charge is 2.35. The third-order valence-corrected chi connectivity index (χ3v) is 6.10. The smallest absolute Gasteiger partial charge is 0.234 e. The van der Waals surface area contributed by atoms with Crippen LogP contribution in [0.4, 0.5) is 0 Å². The van der Waals surface area contributed by atoms with Crippen LogP contribution in [0.1, 0.15) is 46.0 Å². The predicted octanol–water partition coefficient (Wildman–Crippen LogP) is 1.61. The summed E-state index contributed by atoms with van der Waals surface area (Å²) in [6.07, 6.45) is 6.35. The SMILES string of the molecule is CC1CCCC(NC(=O)CN2C[C@@H]3CCCN[C@@H]3C2)C1C. The van der Waals surface area contributed by atoms with Crippen molar-refractivity contribution in [3.05, 3.63) is 0 Å². The molecule has 0 aromatic heterocycles. The van der Waals surface area contributed by atoms with Gasteiger partial charge in [0.2, 0.25) is 5.91 Å². The van der Waals surface area contributed by atoms with E-state index in [1.54, 1.807) is 0 Å². The number of rotatable bonds is 3. The Morgan fingerprint density at radius 1 is 1.19 bits per heavy atom. The van der Waals surface area contributed by atoms with E-state index >= 15 is 0 Å². The normalized spacial score (nSPS) is 40.8. The molecule has 2 saturated heterocycles. The molecule has 1 aliphatic carbocycles. The lowest BCUT2D eigenvalue weighted by Crippen LogP contribution is -2.47. The molecule has 2 heterocycles. The molecule has 4 nitrogen and oxygen atoms in total. The summed E-state index contributed by atoms with van der Waals surface area (Å²) < 4.78 is 0. The Morgan fingerprint density at radius 3 is 2.86 bits per heavy atom. The van der Waals surface area contributed by atoms with Gasteiger partial charge in [-0.25, -0.2) is 0 Å². The zero-order chi connectivity index (χ0) is 14.8. The fraction of sp³-hybridized carbons (Fsp3) is 0.941. The molecule has 3 aliphatic rings. The first-order chi connectivity index (χ1) is 10.1. The molecule has 0 aromatic rings. The van der Waals surface area contributed by atoms with Crippen molar-refractivity contribution in [2.75, 3.05) is 26.2 Å². The molecule has 0 aromatic carbocycles. The van der Waals surface area contributed by atoms with Crippen molar-refractivity contribution in [1.29, 1.82) is 0 Å². The van der Waals surface area contributed by atoms with Gasteiger partial charge in [-0.15, -0.1) is 0 Å². The summed E-state index contributed by atoms with van der Waals surface area (Å²) in [7, 11) is 0. The maximum Gasteiger partial charge on any atom is 0.234 e. The van der Waals surface area contributed by atoms with Gasteiger partial charge in [-0.1, -0.05) is 26.7 Å². The molecule has 0 bridgehead atoms. The first kappa shape index (κ1) is 15.3. The first-order valence-electron chi connectivity index (χ1n) is 8.88. The van der Waals surface area contributed by atoms with Crippen molar-refractivity contribution < 1.29 is 4.79 Å². The molecular formula is C17H31N3O. The van der Waals surface area contributed by atoms with Crippen LogP contribution in [0.2, 0.25) is 0 Å². The second-order valence-electron chi connectivity index (χ2n) is 7.60. The highest BCUT2D eigenvalue weighted by molar-refractivity contribution is 5.78. The number of amides is 1. The van der Waals surface area contributed by atoms with E-state index in [1.165, 1.54) is 25.7 Å². The Kier molecular flexibility index (Phi) is 4.85. The van der Waals surface area contributed by atoms with Crippen LogP contribution in [-0.4, -0.2) is 49.1 Å². The van der Waals surface area contributed by atoms with E-state index in [1.807, 2.05) is 0 Å². The molecule has 120 valence electrons. The first-order valence-corrected chi connectivity index (χ1v) is 8.88. The number of fused-ring (bicyclic) bond motifs is 1. The Morgan fingerprint density at radius 2 is 2.05 bits per heavy atom. The molecule has 4 heteroatoms. The van der Waals surface area contributed by atoms with E-state index in [2.05, 4.69) is 29.4 Å². The monoisotopic (exact) mass is 293 g/mol. The largest absolute Gasteiger partial charge is 0.352 e. The molecule has 1 saturated carbocycles. The van der Waals surface area contributed by atoms with Crippen molar-refractivity contribution in [2.24, 2.45) is 17.8 Å². The van der Waals surface area contributed by atoms with E-state index in [0.29, 0.717) is 24.5 Å². The summed E-state index contributed by atoms with van der Waals surface area (Å²) in [5.74, 6) is 2.35. The average molecular weight is 293 g/mol. The summed E-state index contributed by atoms with van der Waals surface area (Å²) in [6.45, 7) is 8.50. The summed E-state index contributed by atoms with van der Waals surface area (Å²) in [4.78, 5) is 14.7. The van der Waals surface area contributed by atoms with E-state index in [-0.39, 0.29) is 5.91 Å². The van der Waals surface area contributed by atoms with E-state index in [4.69, 9.17) is 0 Å². The predicted molar refractivity (Wildman–Crippen MR) is 85.1 cm³/mol. The maximum absolute atomic E-state index is 12.4. The fourth-order valence-electron chi connectivity index (χ4n) is 4.51. The van der Waals surface area contributed by atoms with Crippen LogP contribution in [0.15, 0.2) is 0 Å². The highest BCUT2D eigenvalue weighted by Crippen LogP contribution is 2.29. The third-order valence-electron chi connectivity index (χ3n) is 6.10. The van der Waals surface area contributed by atoms with Crippen molar-refractivity contribution in [1.82, 2.24) is 15.5 Å². The number of hydrogen-bond acceptors (Lipinski definition) is 3. The zero-order valence-electron chi connectivity index (χ0n) is 13.6. The number of carbonyl (C=O) groups excluding carboxylic acids is 1. The van der Waals surface area contributed by atoms with Gasteiger partial charge in [0.05, 0.1) is 6.54 Å². The molecule has 0 spiro atoms. The lowest BCUT2D eigenvalue weighted by Gasteiger charge is -2.35. The number of carbonyl (C=O) groups is 1. The van der Waals surface area contributed by atoms with Crippen LogP contribution in [0.5, 0.6) is 0 Å². The maximum atomic E-state index is 12.4.